The Hall–Kier alpha value is -5.16. The molecule has 6 rings (SSSR count). The number of anilines is 3. The molecule has 2 aromatic heterocycles. The Bertz CT molecular complexity index is 1970. The quantitative estimate of drug-likeness (QED) is 0.196. The molecule has 9 nitrogen and oxygen atoms in total. The van der Waals surface area contributed by atoms with Crippen LogP contribution in [0.4, 0.5) is 25.8 Å². The predicted molar refractivity (Wildman–Crippen MR) is 173 cm³/mol. The van der Waals surface area contributed by atoms with Crippen molar-refractivity contribution in [1.82, 2.24) is 19.4 Å². The highest BCUT2D eigenvalue weighted by molar-refractivity contribution is 6.33. The standard InChI is InChI=1S/C34H29ClF2N6O3/c1-20(44)27-17-42(30-11-10-22(13-26(27)30)41(2)23-14-38-19-39-15-23)18-32(45)43-16-21(36)12-31(43)34(46)40-29-9-5-7-25(33(29)37)24-6-3-4-8-28(24)35/h3-11,13-15,17,19,21,31H,12,16,18H2,1-2H3,(H,40,46)/t21-,31+/m1/s1. The molecule has 3 aromatic carbocycles. The zero-order valence-electron chi connectivity index (χ0n) is 25.0. The summed E-state index contributed by atoms with van der Waals surface area (Å²) < 4.78 is 31.9. The van der Waals surface area contributed by atoms with E-state index >= 15 is 4.39 Å². The van der Waals surface area contributed by atoms with Crippen LogP contribution in [0.5, 0.6) is 0 Å². The number of halogens is 3. The van der Waals surface area contributed by atoms with Crippen molar-refractivity contribution in [3.63, 3.8) is 0 Å². The molecule has 1 saturated heterocycles. The number of hydrogen-bond acceptors (Lipinski definition) is 6. The van der Waals surface area contributed by atoms with Gasteiger partial charge in [-0.25, -0.2) is 18.7 Å². The van der Waals surface area contributed by atoms with Crippen molar-refractivity contribution in [1.29, 1.82) is 0 Å². The van der Waals surface area contributed by atoms with Gasteiger partial charge in [-0.05, 0) is 37.3 Å². The molecule has 1 N–H and O–H groups in total. The minimum atomic E-state index is -1.44. The molecule has 2 amide bonds. The highest BCUT2D eigenvalue weighted by Crippen LogP contribution is 2.34. The van der Waals surface area contributed by atoms with E-state index in [2.05, 4.69) is 15.3 Å². The molecule has 1 aliphatic heterocycles. The lowest BCUT2D eigenvalue weighted by Crippen LogP contribution is -2.44. The van der Waals surface area contributed by atoms with Gasteiger partial charge in [0.25, 0.3) is 0 Å². The van der Waals surface area contributed by atoms with Gasteiger partial charge in [0.15, 0.2) is 11.6 Å². The van der Waals surface area contributed by atoms with E-state index in [1.165, 1.54) is 24.2 Å². The molecule has 1 aliphatic rings. The summed E-state index contributed by atoms with van der Waals surface area (Å²) in [4.78, 5) is 50.8. The maximum Gasteiger partial charge on any atom is 0.247 e. The number of nitrogens with zero attached hydrogens (tertiary/aromatic N) is 5. The minimum Gasteiger partial charge on any atom is -0.342 e. The van der Waals surface area contributed by atoms with E-state index in [9.17, 15) is 18.8 Å². The summed E-state index contributed by atoms with van der Waals surface area (Å²) in [6.07, 6.45) is 4.69. The highest BCUT2D eigenvalue weighted by atomic mass is 35.5. The van der Waals surface area contributed by atoms with Crippen LogP contribution in [0, 0.1) is 5.82 Å². The predicted octanol–water partition coefficient (Wildman–Crippen LogP) is 6.44. The monoisotopic (exact) mass is 642 g/mol. The number of Topliss-reactive ketones (excluding diaryl/α,β-unsaturated/α-hetero) is 1. The Labute approximate surface area is 268 Å². The second-order valence-corrected chi connectivity index (χ2v) is 11.5. The number of nitrogens with one attached hydrogen (secondary N) is 1. The van der Waals surface area contributed by atoms with Gasteiger partial charge in [0.1, 0.15) is 25.1 Å². The number of rotatable bonds is 8. The molecule has 3 heterocycles. The van der Waals surface area contributed by atoms with Crippen LogP contribution in [0.1, 0.15) is 23.7 Å². The molecular formula is C34H29ClF2N6O3. The highest BCUT2D eigenvalue weighted by Gasteiger charge is 2.40. The van der Waals surface area contributed by atoms with E-state index < -0.39 is 29.8 Å². The maximum atomic E-state index is 15.5. The third-order valence-electron chi connectivity index (χ3n) is 8.16. The Balaban J connectivity index is 1.24. The van der Waals surface area contributed by atoms with Crippen LogP contribution in [0.15, 0.2) is 85.6 Å². The smallest absolute Gasteiger partial charge is 0.247 e. The van der Waals surface area contributed by atoms with Crippen molar-refractivity contribution in [3.05, 3.63) is 102 Å². The molecule has 0 bridgehead atoms. The fourth-order valence-electron chi connectivity index (χ4n) is 5.80. The molecule has 234 valence electrons. The van der Waals surface area contributed by atoms with Crippen molar-refractivity contribution in [2.24, 2.45) is 0 Å². The Kier molecular flexibility index (Phi) is 8.50. The van der Waals surface area contributed by atoms with Gasteiger partial charge in [-0.1, -0.05) is 41.9 Å². The number of benzene rings is 3. The first-order valence-corrected chi connectivity index (χ1v) is 14.9. The van der Waals surface area contributed by atoms with E-state index in [0.29, 0.717) is 27.1 Å². The summed E-state index contributed by atoms with van der Waals surface area (Å²) in [5.41, 5.74) is 3.09. The molecule has 0 radical (unpaired) electrons. The molecule has 0 spiro atoms. The van der Waals surface area contributed by atoms with Gasteiger partial charge in [0.05, 0.1) is 30.3 Å². The van der Waals surface area contributed by atoms with E-state index in [4.69, 9.17) is 11.6 Å². The Morgan fingerprint density at radius 1 is 1.02 bits per heavy atom. The van der Waals surface area contributed by atoms with Gasteiger partial charge in [0.2, 0.25) is 11.8 Å². The fourth-order valence-corrected chi connectivity index (χ4v) is 6.03. The number of aromatic nitrogens is 3. The van der Waals surface area contributed by atoms with E-state index in [-0.39, 0.29) is 36.5 Å². The zero-order chi connectivity index (χ0) is 32.5. The number of carbonyl (C=O) groups is 3. The number of ketones is 1. The van der Waals surface area contributed by atoms with Gasteiger partial charge >= 0.3 is 0 Å². The third-order valence-corrected chi connectivity index (χ3v) is 8.49. The van der Waals surface area contributed by atoms with Crippen molar-refractivity contribution in [3.8, 4) is 11.1 Å². The molecular weight excluding hydrogens is 614 g/mol. The van der Waals surface area contributed by atoms with E-state index in [0.717, 1.165) is 11.4 Å². The number of carbonyl (C=O) groups excluding carboxylic acids is 3. The summed E-state index contributed by atoms with van der Waals surface area (Å²) in [6.45, 7) is 0.918. The van der Waals surface area contributed by atoms with Crippen LogP contribution in [0.3, 0.4) is 0 Å². The minimum absolute atomic E-state index is 0.109. The molecule has 2 atom stereocenters. The van der Waals surface area contributed by atoms with Gasteiger partial charge in [0, 0.05) is 58.0 Å². The average molecular weight is 643 g/mol. The van der Waals surface area contributed by atoms with Gasteiger partial charge in [-0.15, -0.1) is 0 Å². The molecule has 0 aliphatic carbocycles. The third kappa shape index (κ3) is 5.93. The molecule has 0 unspecified atom stereocenters. The summed E-state index contributed by atoms with van der Waals surface area (Å²) in [7, 11) is 1.85. The normalized spacial score (nSPS) is 16.1. The number of alkyl halides is 1. The topological polar surface area (TPSA) is 100 Å². The SMILES string of the molecule is CC(=O)c1cn(CC(=O)N2C[C@H](F)C[C@H]2C(=O)Nc2cccc(-c3ccccc3Cl)c2F)c2ccc(N(C)c3cncnc3)cc12. The summed E-state index contributed by atoms with van der Waals surface area (Å²) in [5.74, 6) is -2.11. The molecule has 5 aromatic rings. The van der Waals surface area contributed by atoms with Crippen LogP contribution < -0.4 is 10.2 Å². The lowest BCUT2D eigenvalue weighted by atomic mass is 10.0. The summed E-state index contributed by atoms with van der Waals surface area (Å²) in [5, 5.41) is 3.53. The first-order chi connectivity index (χ1) is 22.1. The van der Waals surface area contributed by atoms with Gasteiger partial charge in [-0.2, -0.15) is 0 Å². The second-order valence-electron chi connectivity index (χ2n) is 11.1. The van der Waals surface area contributed by atoms with Crippen molar-refractivity contribution >= 4 is 57.2 Å². The maximum absolute atomic E-state index is 15.5. The molecule has 0 saturated carbocycles. The zero-order valence-corrected chi connectivity index (χ0v) is 25.7. The molecule has 46 heavy (non-hydrogen) atoms. The van der Waals surface area contributed by atoms with E-state index in [1.807, 2.05) is 24.1 Å². The Morgan fingerprint density at radius 3 is 2.50 bits per heavy atom. The fraction of sp³-hybridized carbons (Fsp3) is 0.206. The molecule has 1 fully saturated rings. The largest absolute Gasteiger partial charge is 0.342 e. The summed E-state index contributed by atoms with van der Waals surface area (Å²) >= 11 is 6.26. The average Bonchev–Trinajstić information content (AvgIpc) is 3.63. The molecule has 12 heteroatoms. The summed E-state index contributed by atoms with van der Waals surface area (Å²) in [6, 6.07) is 15.6. The van der Waals surface area contributed by atoms with Crippen LogP contribution in [-0.2, 0) is 16.1 Å². The first kappa shape index (κ1) is 30.8. The lowest BCUT2D eigenvalue weighted by Gasteiger charge is -2.24. The number of likely N-dealkylation sites (tertiary alicyclic amines) is 1. The second kappa shape index (κ2) is 12.7. The van der Waals surface area contributed by atoms with Crippen LogP contribution >= 0.6 is 11.6 Å². The van der Waals surface area contributed by atoms with Crippen LogP contribution in [0.25, 0.3) is 22.0 Å². The lowest BCUT2D eigenvalue weighted by molar-refractivity contribution is -0.137. The Morgan fingerprint density at radius 2 is 1.76 bits per heavy atom. The van der Waals surface area contributed by atoms with Gasteiger partial charge in [-0.3, -0.25) is 14.4 Å². The van der Waals surface area contributed by atoms with Crippen molar-refractivity contribution in [2.45, 2.75) is 32.1 Å². The van der Waals surface area contributed by atoms with Crippen molar-refractivity contribution < 1.29 is 23.2 Å². The van der Waals surface area contributed by atoms with Crippen LogP contribution in [-0.4, -0.2) is 62.8 Å². The van der Waals surface area contributed by atoms with E-state index in [1.54, 1.807) is 65.6 Å². The van der Waals surface area contributed by atoms with Gasteiger partial charge < -0.3 is 19.7 Å². The number of amides is 2. The first-order valence-electron chi connectivity index (χ1n) is 14.5. The van der Waals surface area contributed by atoms with Crippen molar-refractivity contribution in [2.75, 3.05) is 23.8 Å². The number of fused-ring (bicyclic) bond motifs is 1. The van der Waals surface area contributed by atoms with Crippen LogP contribution in [0.2, 0.25) is 5.02 Å². The number of hydrogen-bond donors (Lipinski definition) is 1.